The minimum absolute atomic E-state index is 0.0882. The molecule has 3 rings (SSSR count). The van der Waals surface area contributed by atoms with Gasteiger partial charge in [0.05, 0.1) is 7.11 Å². The summed E-state index contributed by atoms with van der Waals surface area (Å²) >= 11 is 0. The van der Waals surface area contributed by atoms with Crippen LogP contribution in [-0.4, -0.2) is 48.3 Å². The molecule has 1 aromatic rings. The Kier molecular flexibility index (Phi) is 6.19. The molecular weight excluding hydrogens is 318 g/mol. The predicted molar refractivity (Wildman–Crippen MR) is 95.8 cm³/mol. The van der Waals surface area contributed by atoms with Gasteiger partial charge in [-0.1, -0.05) is 19.3 Å². The molecule has 1 N–H and O–H groups in total. The fourth-order valence-corrected chi connectivity index (χ4v) is 3.88. The third kappa shape index (κ3) is 4.66. The van der Waals surface area contributed by atoms with Crippen molar-refractivity contribution in [1.29, 1.82) is 0 Å². The Morgan fingerprint density at radius 2 is 1.64 bits per heavy atom. The van der Waals surface area contributed by atoms with Crippen LogP contribution in [0.3, 0.4) is 0 Å². The molecule has 1 aromatic carbocycles. The molecule has 0 bridgehead atoms. The zero-order chi connectivity index (χ0) is 17.6. The lowest BCUT2D eigenvalue weighted by atomic mass is 9.84. The average Bonchev–Trinajstić information content (AvgIpc) is 2.69. The molecule has 1 aliphatic carbocycles. The summed E-state index contributed by atoms with van der Waals surface area (Å²) in [6, 6.07) is 7.58. The van der Waals surface area contributed by atoms with Gasteiger partial charge in [-0.3, -0.25) is 4.79 Å². The van der Waals surface area contributed by atoms with Crippen LogP contribution in [0.1, 0.15) is 44.9 Å². The van der Waals surface area contributed by atoms with E-state index in [1.807, 2.05) is 29.2 Å². The van der Waals surface area contributed by atoms with E-state index in [1.165, 1.54) is 6.42 Å². The van der Waals surface area contributed by atoms with Crippen LogP contribution in [-0.2, 0) is 4.79 Å². The Hall–Kier alpha value is -1.75. The Balaban J connectivity index is 1.46. The highest BCUT2D eigenvalue weighted by atomic mass is 16.5. The monoisotopic (exact) mass is 347 g/mol. The molecule has 0 radical (unpaired) electrons. The van der Waals surface area contributed by atoms with Crippen molar-refractivity contribution in [3.63, 3.8) is 0 Å². The molecule has 1 heterocycles. The molecule has 5 heteroatoms. The third-order valence-electron chi connectivity index (χ3n) is 5.47. The first-order valence-corrected chi connectivity index (χ1v) is 9.45. The highest BCUT2D eigenvalue weighted by Crippen LogP contribution is 2.28. The second-order valence-electron chi connectivity index (χ2n) is 7.16. The Morgan fingerprint density at radius 3 is 2.24 bits per heavy atom. The number of amides is 1. The van der Waals surface area contributed by atoms with Crippen molar-refractivity contribution in [3.8, 4) is 11.5 Å². The molecule has 25 heavy (non-hydrogen) atoms. The normalized spacial score (nSPS) is 21.0. The number of rotatable bonds is 5. The summed E-state index contributed by atoms with van der Waals surface area (Å²) in [7, 11) is 1.64. The van der Waals surface area contributed by atoms with Crippen LogP contribution in [0.25, 0.3) is 0 Å². The Morgan fingerprint density at radius 1 is 1.04 bits per heavy atom. The number of likely N-dealkylation sites (tertiary alicyclic amines) is 1. The number of aliphatic hydroxyl groups is 1. The second-order valence-corrected chi connectivity index (χ2v) is 7.16. The fraction of sp³-hybridized carbons (Fsp3) is 0.650. The van der Waals surface area contributed by atoms with E-state index >= 15 is 0 Å². The van der Waals surface area contributed by atoms with Crippen LogP contribution in [0.4, 0.5) is 0 Å². The zero-order valence-corrected chi connectivity index (χ0v) is 15.0. The van der Waals surface area contributed by atoms with Crippen LogP contribution in [0, 0.1) is 5.92 Å². The highest BCUT2D eigenvalue weighted by molar-refractivity contribution is 5.81. The van der Waals surface area contributed by atoms with E-state index in [-0.39, 0.29) is 17.9 Å². The summed E-state index contributed by atoms with van der Waals surface area (Å²) in [5, 5.41) is 10.4. The van der Waals surface area contributed by atoms with E-state index in [0.717, 1.165) is 50.0 Å². The summed E-state index contributed by atoms with van der Waals surface area (Å²) in [6.45, 7) is 1.31. The van der Waals surface area contributed by atoms with Gasteiger partial charge in [-0.05, 0) is 43.0 Å². The number of carbonyl (C=O) groups excluding carboxylic acids is 1. The van der Waals surface area contributed by atoms with Gasteiger partial charge in [-0.25, -0.2) is 0 Å². The quantitative estimate of drug-likeness (QED) is 0.889. The van der Waals surface area contributed by atoms with Gasteiger partial charge in [-0.15, -0.1) is 0 Å². The van der Waals surface area contributed by atoms with E-state index in [9.17, 15) is 9.90 Å². The molecule has 0 aromatic heterocycles. The summed E-state index contributed by atoms with van der Waals surface area (Å²) in [5.41, 5.74) is 0. The van der Waals surface area contributed by atoms with Crippen LogP contribution in [0.15, 0.2) is 24.3 Å². The predicted octanol–water partition coefficient (Wildman–Crippen LogP) is 3.01. The van der Waals surface area contributed by atoms with Gasteiger partial charge in [-0.2, -0.15) is 0 Å². The first-order chi connectivity index (χ1) is 12.2. The summed E-state index contributed by atoms with van der Waals surface area (Å²) in [5.74, 6) is 1.70. The molecule has 1 aliphatic heterocycles. The number of hydrogen-bond donors (Lipinski definition) is 1. The SMILES string of the molecule is COc1ccc(OC2CCN(C(=O)[C@H](O)C3CCCCC3)CC2)cc1. The number of hydrogen-bond acceptors (Lipinski definition) is 4. The number of piperidine rings is 1. The van der Waals surface area contributed by atoms with Gasteiger partial charge in [0, 0.05) is 25.9 Å². The molecule has 5 nitrogen and oxygen atoms in total. The van der Waals surface area contributed by atoms with E-state index in [1.54, 1.807) is 7.11 Å². The minimum atomic E-state index is -0.820. The fourth-order valence-electron chi connectivity index (χ4n) is 3.88. The standard InChI is InChI=1S/C20H29NO4/c1-24-16-7-9-17(10-8-16)25-18-11-13-21(14-12-18)20(23)19(22)15-5-3-2-4-6-15/h7-10,15,18-19,22H,2-6,11-14H2,1H3/t19-/m1/s1. The van der Waals surface area contributed by atoms with Crippen molar-refractivity contribution in [3.05, 3.63) is 24.3 Å². The summed E-state index contributed by atoms with van der Waals surface area (Å²) < 4.78 is 11.2. The van der Waals surface area contributed by atoms with E-state index < -0.39 is 6.10 Å². The Labute approximate surface area is 149 Å². The van der Waals surface area contributed by atoms with Crippen LogP contribution in [0.5, 0.6) is 11.5 Å². The zero-order valence-electron chi connectivity index (χ0n) is 15.0. The van der Waals surface area contributed by atoms with Crippen molar-refractivity contribution in [2.24, 2.45) is 5.92 Å². The second kappa shape index (κ2) is 8.56. The van der Waals surface area contributed by atoms with E-state index in [4.69, 9.17) is 9.47 Å². The topological polar surface area (TPSA) is 59.0 Å². The van der Waals surface area contributed by atoms with Crippen molar-refractivity contribution in [1.82, 2.24) is 4.90 Å². The molecule has 2 aliphatic rings. The van der Waals surface area contributed by atoms with Gasteiger partial charge in [0.15, 0.2) is 0 Å². The number of methoxy groups -OCH3 is 1. The first kappa shape index (κ1) is 18.1. The maximum atomic E-state index is 12.6. The number of carbonyl (C=O) groups is 1. The average molecular weight is 347 g/mol. The largest absolute Gasteiger partial charge is 0.497 e. The van der Waals surface area contributed by atoms with Crippen molar-refractivity contribution >= 4 is 5.91 Å². The number of ether oxygens (including phenoxy) is 2. The molecule has 0 spiro atoms. The molecule has 1 atom stereocenters. The summed E-state index contributed by atoms with van der Waals surface area (Å²) in [4.78, 5) is 14.4. The van der Waals surface area contributed by atoms with Crippen molar-refractivity contribution in [2.45, 2.75) is 57.2 Å². The van der Waals surface area contributed by atoms with Gasteiger partial charge in [0.2, 0.25) is 0 Å². The molecular formula is C20H29NO4. The molecule has 138 valence electrons. The van der Waals surface area contributed by atoms with Crippen molar-refractivity contribution < 1.29 is 19.4 Å². The Bertz CT molecular complexity index is 545. The maximum Gasteiger partial charge on any atom is 0.251 e. The number of aliphatic hydroxyl groups excluding tert-OH is 1. The van der Waals surface area contributed by atoms with Gasteiger partial charge < -0.3 is 19.5 Å². The van der Waals surface area contributed by atoms with Crippen LogP contribution < -0.4 is 9.47 Å². The summed E-state index contributed by atoms with van der Waals surface area (Å²) in [6.07, 6.45) is 6.34. The molecule has 1 saturated heterocycles. The molecule has 1 amide bonds. The van der Waals surface area contributed by atoms with Gasteiger partial charge in [0.1, 0.15) is 23.7 Å². The highest BCUT2D eigenvalue weighted by Gasteiger charge is 2.33. The lowest BCUT2D eigenvalue weighted by Crippen LogP contribution is -2.48. The van der Waals surface area contributed by atoms with E-state index in [0.29, 0.717) is 13.1 Å². The van der Waals surface area contributed by atoms with Gasteiger partial charge in [0.25, 0.3) is 5.91 Å². The van der Waals surface area contributed by atoms with E-state index in [2.05, 4.69) is 0 Å². The number of benzene rings is 1. The molecule has 2 fully saturated rings. The number of nitrogens with zero attached hydrogens (tertiary/aromatic N) is 1. The molecule has 0 unspecified atom stereocenters. The van der Waals surface area contributed by atoms with Crippen LogP contribution in [0.2, 0.25) is 0 Å². The van der Waals surface area contributed by atoms with Gasteiger partial charge >= 0.3 is 0 Å². The lowest BCUT2D eigenvalue weighted by molar-refractivity contribution is -0.145. The third-order valence-corrected chi connectivity index (χ3v) is 5.47. The lowest BCUT2D eigenvalue weighted by Gasteiger charge is -2.35. The minimum Gasteiger partial charge on any atom is -0.497 e. The first-order valence-electron chi connectivity index (χ1n) is 9.45. The van der Waals surface area contributed by atoms with Crippen molar-refractivity contribution in [2.75, 3.05) is 20.2 Å². The molecule has 1 saturated carbocycles. The maximum absolute atomic E-state index is 12.6. The smallest absolute Gasteiger partial charge is 0.251 e. The van der Waals surface area contributed by atoms with Crippen LogP contribution >= 0.6 is 0 Å².